The first-order chi connectivity index (χ1) is 18.5. The number of hydrogen-bond donors (Lipinski definition) is 3. The van der Waals surface area contributed by atoms with Gasteiger partial charge in [-0.1, -0.05) is 30.3 Å². The maximum atomic E-state index is 12.1. The number of pyridine rings is 1. The predicted molar refractivity (Wildman–Crippen MR) is 156 cm³/mol. The molecule has 3 heterocycles. The van der Waals surface area contributed by atoms with E-state index >= 15 is 0 Å². The lowest BCUT2D eigenvalue weighted by molar-refractivity contribution is 0.0715. The van der Waals surface area contributed by atoms with Crippen LogP contribution >= 0.6 is 23.4 Å². The maximum Gasteiger partial charge on any atom is 0.407 e. The van der Waals surface area contributed by atoms with Gasteiger partial charge >= 0.3 is 6.09 Å². The summed E-state index contributed by atoms with van der Waals surface area (Å²) in [6.07, 6.45) is 10.8. The second-order valence-corrected chi connectivity index (χ2v) is 13.5. The van der Waals surface area contributed by atoms with Gasteiger partial charge in [0, 0.05) is 47.8 Å². The molecule has 1 saturated heterocycles. The third-order valence-electron chi connectivity index (χ3n) is 7.45. The van der Waals surface area contributed by atoms with Crippen molar-refractivity contribution in [1.82, 2.24) is 20.3 Å². The highest BCUT2D eigenvalue weighted by Gasteiger charge is 2.32. The molecule has 0 bridgehead atoms. The molecule has 0 spiro atoms. The summed E-state index contributed by atoms with van der Waals surface area (Å²) in [7, 11) is 0. The Bertz CT molecular complexity index is 1100. The summed E-state index contributed by atoms with van der Waals surface area (Å²) in [4.78, 5) is 28.9. The van der Waals surface area contributed by atoms with Crippen LogP contribution in [0.1, 0.15) is 66.2 Å². The van der Waals surface area contributed by atoms with E-state index in [1.807, 2.05) is 33.0 Å². The van der Waals surface area contributed by atoms with Gasteiger partial charge in [0.15, 0.2) is 0 Å². The van der Waals surface area contributed by atoms with Crippen molar-refractivity contribution in [1.29, 1.82) is 0 Å². The van der Waals surface area contributed by atoms with Gasteiger partial charge in [-0.3, -0.25) is 0 Å². The molecular formula is C28H41ClN6O3S. The zero-order chi connectivity index (χ0) is 28.0. The van der Waals surface area contributed by atoms with E-state index in [2.05, 4.69) is 37.4 Å². The Hall–Kier alpha value is -2.30. The van der Waals surface area contributed by atoms with Crippen LogP contribution in [0.2, 0.25) is 5.02 Å². The Morgan fingerprint density at radius 1 is 1.18 bits per heavy atom. The lowest BCUT2D eigenvalue weighted by Crippen LogP contribution is -2.44. The molecule has 3 N–H and O–H groups in total. The molecule has 2 fully saturated rings. The number of rotatable bonds is 8. The van der Waals surface area contributed by atoms with E-state index in [0.29, 0.717) is 29.4 Å². The standard InChI is InChI=1S/C28H41ClN6O3S/c1-27(2,3)34-26(37)38-18-28(4)10-13-35(14-11-28)22-15-32-23(16-31-22)39-21-9-12-30-25(24(21)29)33-20-7-5-19(17-36)6-8-20/h9,12,15-16,19-20,36H,5-8,10-11,13-14,17-18H2,1-4H3,(H,30,33)(H,34,37). The molecule has 0 atom stereocenters. The number of aromatic nitrogens is 3. The topological polar surface area (TPSA) is 112 Å². The summed E-state index contributed by atoms with van der Waals surface area (Å²) in [6, 6.07) is 2.21. The van der Waals surface area contributed by atoms with Gasteiger partial charge in [0.05, 0.1) is 24.0 Å². The molecule has 1 amide bonds. The van der Waals surface area contributed by atoms with Crippen LogP contribution in [0.15, 0.2) is 34.6 Å². The Labute approximate surface area is 240 Å². The lowest BCUT2D eigenvalue weighted by Gasteiger charge is -2.39. The molecule has 4 rings (SSSR count). The minimum atomic E-state index is -0.368. The van der Waals surface area contributed by atoms with Crippen LogP contribution in [0.3, 0.4) is 0 Å². The molecule has 39 heavy (non-hydrogen) atoms. The summed E-state index contributed by atoms with van der Waals surface area (Å²) >= 11 is 8.18. The van der Waals surface area contributed by atoms with Crippen LogP contribution in [-0.4, -0.2) is 64.0 Å². The van der Waals surface area contributed by atoms with Gasteiger partial charge in [0.1, 0.15) is 16.7 Å². The number of ether oxygens (including phenoxy) is 1. The highest BCUT2D eigenvalue weighted by Crippen LogP contribution is 2.37. The normalized spacial score (nSPS) is 21.3. The number of anilines is 2. The predicted octanol–water partition coefficient (Wildman–Crippen LogP) is 5.77. The van der Waals surface area contributed by atoms with Gasteiger partial charge < -0.3 is 25.4 Å². The number of carbonyl (C=O) groups is 1. The number of aliphatic hydroxyl groups is 1. The fraction of sp³-hybridized carbons (Fsp3) is 0.643. The molecule has 1 aliphatic carbocycles. The van der Waals surface area contributed by atoms with Crippen LogP contribution in [0, 0.1) is 11.3 Å². The highest BCUT2D eigenvalue weighted by atomic mass is 35.5. The van der Waals surface area contributed by atoms with Crippen LogP contribution < -0.4 is 15.5 Å². The monoisotopic (exact) mass is 576 g/mol. The summed E-state index contributed by atoms with van der Waals surface area (Å²) in [5, 5.41) is 17.1. The van der Waals surface area contributed by atoms with Crippen LogP contribution in [0.25, 0.3) is 0 Å². The quantitative estimate of drug-likeness (QED) is 0.360. The van der Waals surface area contributed by atoms with E-state index in [0.717, 1.165) is 67.4 Å². The van der Waals surface area contributed by atoms with Crippen molar-refractivity contribution in [3.05, 3.63) is 29.7 Å². The maximum absolute atomic E-state index is 12.1. The molecule has 0 aromatic carbocycles. The van der Waals surface area contributed by atoms with Gasteiger partial charge in [-0.05, 0) is 71.3 Å². The Morgan fingerprint density at radius 3 is 2.51 bits per heavy atom. The third kappa shape index (κ3) is 8.59. The molecule has 2 aliphatic rings. The molecule has 9 nitrogen and oxygen atoms in total. The minimum absolute atomic E-state index is 0.0586. The molecule has 1 saturated carbocycles. The SMILES string of the molecule is CC1(COC(=O)NC(C)(C)C)CCN(c2cnc(Sc3ccnc(NC4CCC(CO)CC4)c3Cl)cn2)CC1. The molecule has 0 radical (unpaired) electrons. The van der Waals surface area contributed by atoms with Crippen LogP contribution in [0.4, 0.5) is 16.4 Å². The van der Waals surface area contributed by atoms with E-state index < -0.39 is 0 Å². The number of carbonyl (C=O) groups excluding carboxylic acids is 1. The Kier molecular flexibility index (Phi) is 9.82. The minimum Gasteiger partial charge on any atom is -0.449 e. The van der Waals surface area contributed by atoms with Gasteiger partial charge in [0.2, 0.25) is 0 Å². The number of halogens is 1. The fourth-order valence-electron chi connectivity index (χ4n) is 4.93. The first kappa shape index (κ1) is 29.7. The van der Waals surface area contributed by atoms with Crippen molar-refractivity contribution in [2.45, 2.75) is 87.7 Å². The first-order valence-corrected chi connectivity index (χ1v) is 14.9. The number of alkyl carbamates (subject to hydrolysis) is 1. The van der Waals surface area contributed by atoms with Crippen molar-refractivity contribution in [2.24, 2.45) is 11.3 Å². The molecular weight excluding hydrogens is 536 g/mol. The van der Waals surface area contributed by atoms with Gasteiger partial charge in [0.25, 0.3) is 0 Å². The van der Waals surface area contributed by atoms with Crippen molar-refractivity contribution >= 4 is 41.1 Å². The third-order valence-corrected chi connectivity index (χ3v) is 8.93. The summed E-state index contributed by atoms with van der Waals surface area (Å²) in [5.74, 6) is 1.94. The lowest BCUT2D eigenvalue weighted by atomic mass is 9.81. The molecule has 2 aromatic heterocycles. The fourth-order valence-corrected chi connectivity index (χ4v) is 5.96. The molecule has 11 heteroatoms. The number of nitrogens with one attached hydrogen (secondary N) is 2. The van der Waals surface area contributed by atoms with Crippen molar-refractivity contribution < 1.29 is 14.6 Å². The summed E-state index contributed by atoms with van der Waals surface area (Å²) < 4.78 is 5.52. The molecule has 1 aliphatic heterocycles. The van der Waals surface area contributed by atoms with E-state index in [1.54, 1.807) is 12.4 Å². The molecule has 2 aromatic rings. The van der Waals surface area contributed by atoms with E-state index in [9.17, 15) is 9.90 Å². The van der Waals surface area contributed by atoms with E-state index in [4.69, 9.17) is 16.3 Å². The summed E-state index contributed by atoms with van der Waals surface area (Å²) in [6.45, 7) is 10.3. The van der Waals surface area contributed by atoms with Crippen molar-refractivity contribution in [3.8, 4) is 0 Å². The van der Waals surface area contributed by atoms with E-state index in [-0.39, 0.29) is 23.7 Å². The van der Waals surface area contributed by atoms with Crippen LogP contribution in [-0.2, 0) is 4.74 Å². The zero-order valence-electron chi connectivity index (χ0n) is 23.4. The average Bonchev–Trinajstić information content (AvgIpc) is 2.90. The van der Waals surface area contributed by atoms with Crippen molar-refractivity contribution in [2.75, 3.05) is 36.5 Å². The zero-order valence-corrected chi connectivity index (χ0v) is 24.9. The second kappa shape index (κ2) is 12.9. The summed E-state index contributed by atoms with van der Waals surface area (Å²) in [5.41, 5.74) is -0.371. The second-order valence-electron chi connectivity index (χ2n) is 12.1. The average molecular weight is 577 g/mol. The van der Waals surface area contributed by atoms with E-state index in [1.165, 1.54) is 11.8 Å². The Morgan fingerprint density at radius 2 is 1.90 bits per heavy atom. The highest BCUT2D eigenvalue weighted by molar-refractivity contribution is 7.99. The molecule has 0 unspecified atom stereocenters. The number of piperidine rings is 1. The van der Waals surface area contributed by atoms with Gasteiger partial charge in [-0.25, -0.2) is 19.7 Å². The van der Waals surface area contributed by atoms with Gasteiger partial charge in [-0.2, -0.15) is 0 Å². The largest absolute Gasteiger partial charge is 0.449 e. The van der Waals surface area contributed by atoms with Gasteiger partial charge in [-0.15, -0.1) is 0 Å². The smallest absolute Gasteiger partial charge is 0.407 e. The number of amides is 1. The van der Waals surface area contributed by atoms with Crippen molar-refractivity contribution in [3.63, 3.8) is 0 Å². The Balaban J connectivity index is 1.28. The first-order valence-electron chi connectivity index (χ1n) is 13.8. The van der Waals surface area contributed by atoms with Crippen LogP contribution in [0.5, 0.6) is 0 Å². The molecule has 214 valence electrons. The number of hydrogen-bond acceptors (Lipinski definition) is 9. The number of aliphatic hydroxyl groups excluding tert-OH is 1. The number of nitrogens with zero attached hydrogens (tertiary/aromatic N) is 4.